The second-order valence-corrected chi connectivity index (χ2v) is 7.89. The molecular formula is C18H15F3N4O4S. The fraction of sp³-hybridized carbons (Fsp3) is 0.167. The number of primary sulfonamides is 1. The van der Waals surface area contributed by atoms with Crippen LogP contribution in [0.15, 0.2) is 53.6 Å². The lowest BCUT2D eigenvalue weighted by atomic mass is 10.0. The topological polar surface area (TPSA) is 121 Å². The predicted molar refractivity (Wildman–Crippen MR) is 101 cm³/mol. The van der Waals surface area contributed by atoms with E-state index in [0.717, 1.165) is 29.1 Å². The summed E-state index contributed by atoms with van der Waals surface area (Å²) in [5.74, 6) is 0. The summed E-state index contributed by atoms with van der Waals surface area (Å²) in [6.45, 7) is 1.70. The van der Waals surface area contributed by atoms with Gasteiger partial charge in [-0.25, -0.2) is 18.2 Å². The second kappa shape index (κ2) is 7.54. The number of benzene rings is 2. The van der Waals surface area contributed by atoms with E-state index in [9.17, 15) is 31.7 Å². The van der Waals surface area contributed by atoms with Crippen molar-refractivity contribution in [2.45, 2.75) is 24.4 Å². The van der Waals surface area contributed by atoms with Gasteiger partial charge in [-0.05, 0) is 36.2 Å². The highest BCUT2D eigenvalue weighted by atomic mass is 32.2. The quantitative estimate of drug-likeness (QED) is 0.479. The van der Waals surface area contributed by atoms with Gasteiger partial charge < -0.3 is 0 Å². The minimum Gasteiger partial charge on any atom is -0.258 e. The molecule has 0 amide bonds. The molecule has 1 aromatic heterocycles. The Morgan fingerprint density at radius 2 is 1.80 bits per heavy atom. The van der Waals surface area contributed by atoms with Crippen LogP contribution in [0.5, 0.6) is 0 Å². The van der Waals surface area contributed by atoms with Crippen LogP contribution < -0.4 is 5.14 Å². The van der Waals surface area contributed by atoms with E-state index in [1.807, 2.05) is 0 Å². The Balaban J connectivity index is 2.16. The molecule has 0 aliphatic carbocycles. The number of hydrogen-bond donors (Lipinski definition) is 1. The SMILES string of the molecule is CCc1ccc(-c2cn(-c3ccc(S(N)(=O)=O)cc3)nc2C(F)(F)F)cc1[N+](=O)[O-]. The molecule has 0 fully saturated rings. The molecule has 12 heteroatoms. The third-order valence-corrected chi connectivity index (χ3v) is 5.32. The Morgan fingerprint density at radius 1 is 1.17 bits per heavy atom. The molecule has 158 valence electrons. The summed E-state index contributed by atoms with van der Waals surface area (Å²) in [6, 6.07) is 8.64. The van der Waals surface area contributed by atoms with Gasteiger partial charge in [-0.1, -0.05) is 19.1 Å². The first-order valence-corrected chi connectivity index (χ1v) is 10.0. The summed E-state index contributed by atoms with van der Waals surface area (Å²) in [4.78, 5) is 10.4. The summed E-state index contributed by atoms with van der Waals surface area (Å²) in [5, 5.41) is 19.9. The van der Waals surface area contributed by atoms with Crippen LogP contribution >= 0.6 is 0 Å². The number of nitrogens with two attached hydrogens (primary N) is 1. The first kappa shape index (κ1) is 21.5. The molecule has 0 aliphatic rings. The van der Waals surface area contributed by atoms with Gasteiger partial charge in [0.1, 0.15) is 0 Å². The molecule has 0 atom stereocenters. The molecule has 3 rings (SSSR count). The normalized spacial score (nSPS) is 12.2. The number of nitro groups is 1. The van der Waals surface area contributed by atoms with Gasteiger partial charge in [0.15, 0.2) is 5.69 Å². The molecule has 1 heterocycles. The Labute approximate surface area is 168 Å². The van der Waals surface area contributed by atoms with Crippen molar-refractivity contribution in [3.63, 3.8) is 0 Å². The molecule has 2 aromatic carbocycles. The fourth-order valence-corrected chi connectivity index (χ4v) is 3.43. The number of nitrogens with zero attached hydrogens (tertiary/aromatic N) is 3. The molecule has 3 aromatic rings. The number of nitro benzene ring substituents is 1. The third-order valence-electron chi connectivity index (χ3n) is 4.39. The maximum atomic E-state index is 13.6. The summed E-state index contributed by atoms with van der Waals surface area (Å²) in [6.07, 6.45) is -3.39. The molecule has 0 radical (unpaired) electrons. The van der Waals surface area contributed by atoms with Crippen LogP contribution in [-0.4, -0.2) is 23.1 Å². The highest BCUT2D eigenvalue weighted by Crippen LogP contribution is 2.38. The Morgan fingerprint density at radius 3 is 2.30 bits per heavy atom. The number of rotatable bonds is 5. The first-order chi connectivity index (χ1) is 13.9. The fourth-order valence-electron chi connectivity index (χ4n) is 2.92. The third kappa shape index (κ3) is 4.19. The summed E-state index contributed by atoms with van der Waals surface area (Å²) >= 11 is 0. The van der Waals surface area contributed by atoms with Gasteiger partial charge in [0.05, 0.1) is 15.5 Å². The zero-order chi connectivity index (χ0) is 22.3. The number of aromatic nitrogens is 2. The zero-order valence-electron chi connectivity index (χ0n) is 15.4. The van der Waals surface area contributed by atoms with E-state index in [0.29, 0.717) is 12.0 Å². The molecular weight excluding hydrogens is 425 g/mol. The molecule has 0 unspecified atom stereocenters. The molecule has 30 heavy (non-hydrogen) atoms. The van der Waals surface area contributed by atoms with Gasteiger partial charge in [0.2, 0.25) is 10.0 Å². The highest BCUT2D eigenvalue weighted by Gasteiger charge is 2.38. The van der Waals surface area contributed by atoms with Crippen LogP contribution in [0, 0.1) is 10.1 Å². The molecule has 0 aliphatic heterocycles. The lowest BCUT2D eigenvalue weighted by molar-refractivity contribution is -0.385. The van der Waals surface area contributed by atoms with E-state index in [2.05, 4.69) is 5.10 Å². The van der Waals surface area contributed by atoms with Gasteiger partial charge >= 0.3 is 6.18 Å². The number of aryl methyl sites for hydroxylation is 1. The number of hydrogen-bond acceptors (Lipinski definition) is 5. The van der Waals surface area contributed by atoms with Gasteiger partial charge in [-0.3, -0.25) is 10.1 Å². The minimum atomic E-state index is -4.82. The van der Waals surface area contributed by atoms with Crippen molar-refractivity contribution in [1.82, 2.24) is 9.78 Å². The maximum absolute atomic E-state index is 13.6. The molecule has 0 spiro atoms. The average Bonchev–Trinajstić information content (AvgIpc) is 3.13. The number of sulfonamides is 1. The van der Waals surface area contributed by atoms with Gasteiger partial charge in [-0.2, -0.15) is 18.3 Å². The first-order valence-electron chi connectivity index (χ1n) is 8.49. The van der Waals surface area contributed by atoms with E-state index < -0.39 is 26.8 Å². The second-order valence-electron chi connectivity index (χ2n) is 6.33. The predicted octanol–water partition coefficient (Wildman–Crippen LogP) is 3.68. The number of alkyl halides is 3. The molecule has 2 N–H and O–H groups in total. The van der Waals surface area contributed by atoms with Gasteiger partial charge in [0, 0.05) is 23.4 Å². The molecule has 8 nitrogen and oxygen atoms in total. The molecule has 0 saturated carbocycles. The van der Waals surface area contributed by atoms with Crippen molar-refractivity contribution in [3.05, 3.63) is 70.0 Å². The van der Waals surface area contributed by atoms with Crippen LogP contribution in [0.25, 0.3) is 16.8 Å². The van der Waals surface area contributed by atoms with Crippen molar-refractivity contribution in [2.75, 3.05) is 0 Å². The van der Waals surface area contributed by atoms with Crippen molar-refractivity contribution in [3.8, 4) is 16.8 Å². The molecule has 0 bridgehead atoms. The smallest absolute Gasteiger partial charge is 0.258 e. The standard InChI is InChI=1S/C18H15F3N4O4S/c1-2-11-3-4-12(9-16(11)25(26)27)15-10-24(23-17(15)18(19,20)21)13-5-7-14(8-6-13)30(22,28)29/h3-10H,2H2,1H3,(H2,22,28,29). The molecule has 0 saturated heterocycles. The van der Waals surface area contributed by atoms with Crippen molar-refractivity contribution < 1.29 is 26.5 Å². The van der Waals surface area contributed by atoms with E-state index in [1.54, 1.807) is 6.92 Å². The van der Waals surface area contributed by atoms with Crippen LogP contribution in [0.2, 0.25) is 0 Å². The van der Waals surface area contributed by atoms with Gasteiger partial charge in [-0.15, -0.1) is 0 Å². The maximum Gasteiger partial charge on any atom is 0.435 e. The average molecular weight is 440 g/mol. The lowest BCUT2D eigenvalue weighted by Gasteiger charge is -2.07. The lowest BCUT2D eigenvalue weighted by Crippen LogP contribution is -2.12. The van der Waals surface area contributed by atoms with Crippen molar-refractivity contribution in [1.29, 1.82) is 0 Å². The van der Waals surface area contributed by atoms with Crippen molar-refractivity contribution in [2.24, 2.45) is 5.14 Å². The van der Waals surface area contributed by atoms with E-state index in [4.69, 9.17) is 5.14 Å². The Bertz CT molecular complexity index is 1220. The van der Waals surface area contributed by atoms with E-state index >= 15 is 0 Å². The zero-order valence-corrected chi connectivity index (χ0v) is 16.2. The minimum absolute atomic E-state index is 0.0152. The monoisotopic (exact) mass is 440 g/mol. The van der Waals surface area contributed by atoms with Crippen molar-refractivity contribution >= 4 is 15.7 Å². The Kier molecular flexibility index (Phi) is 5.39. The summed E-state index contributed by atoms with van der Waals surface area (Å²) < 4.78 is 64.4. The van der Waals surface area contributed by atoms with Crippen LogP contribution in [0.4, 0.5) is 18.9 Å². The Hall–Kier alpha value is -3.25. The van der Waals surface area contributed by atoms with Crippen LogP contribution in [0.3, 0.4) is 0 Å². The number of halogens is 3. The highest BCUT2D eigenvalue weighted by molar-refractivity contribution is 7.89. The van der Waals surface area contributed by atoms with E-state index in [-0.39, 0.29) is 27.4 Å². The summed E-state index contributed by atoms with van der Waals surface area (Å²) in [5.41, 5.74) is -1.32. The summed E-state index contributed by atoms with van der Waals surface area (Å²) in [7, 11) is -3.96. The largest absolute Gasteiger partial charge is 0.435 e. The van der Waals surface area contributed by atoms with Crippen LogP contribution in [-0.2, 0) is 22.6 Å². The van der Waals surface area contributed by atoms with Crippen LogP contribution in [0.1, 0.15) is 18.2 Å². The van der Waals surface area contributed by atoms with Gasteiger partial charge in [0.25, 0.3) is 5.69 Å². The van der Waals surface area contributed by atoms with E-state index in [1.165, 1.54) is 24.3 Å².